The highest BCUT2D eigenvalue weighted by Gasteiger charge is 2.10. The van der Waals surface area contributed by atoms with Gasteiger partial charge in [0, 0.05) is 26.2 Å². The van der Waals surface area contributed by atoms with E-state index in [1.165, 1.54) is 12.0 Å². The topological polar surface area (TPSA) is 77.3 Å². The van der Waals surface area contributed by atoms with Crippen LogP contribution in [-0.4, -0.2) is 52.5 Å². The lowest BCUT2D eigenvalue weighted by molar-refractivity contribution is -0.141. The number of hydrogen-bond acceptors (Lipinski definition) is 5. The number of aromatic nitrogens is 3. The number of rotatable bonds is 6. The van der Waals surface area contributed by atoms with Gasteiger partial charge in [-0.25, -0.2) is 0 Å². The molecule has 0 spiro atoms. The van der Waals surface area contributed by atoms with Gasteiger partial charge in [-0.2, -0.15) is 0 Å². The average molecular weight is 240 g/mol. The van der Waals surface area contributed by atoms with Crippen molar-refractivity contribution in [3.8, 4) is 0 Å². The molecule has 0 aliphatic carbocycles. The van der Waals surface area contributed by atoms with Crippen LogP contribution in [0, 0.1) is 0 Å². The normalized spacial score (nSPS) is 10.0. The second kappa shape index (κ2) is 6.62. The quantitative estimate of drug-likeness (QED) is 0.637. The Hall–Kier alpha value is -1.92. The second-order valence-corrected chi connectivity index (χ2v) is 3.56. The van der Waals surface area contributed by atoms with E-state index in [9.17, 15) is 9.59 Å². The van der Waals surface area contributed by atoms with E-state index < -0.39 is 0 Å². The van der Waals surface area contributed by atoms with Crippen molar-refractivity contribution in [1.82, 2.24) is 19.9 Å². The van der Waals surface area contributed by atoms with Crippen molar-refractivity contribution in [2.24, 2.45) is 0 Å². The summed E-state index contributed by atoms with van der Waals surface area (Å²) in [7, 11) is 2.99. The predicted octanol–water partition coefficient (Wildman–Crippen LogP) is -0.310. The fourth-order valence-corrected chi connectivity index (χ4v) is 1.24. The van der Waals surface area contributed by atoms with Gasteiger partial charge in [0.2, 0.25) is 5.91 Å². The van der Waals surface area contributed by atoms with Gasteiger partial charge < -0.3 is 9.64 Å². The summed E-state index contributed by atoms with van der Waals surface area (Å²) in [5.74, 6) is -0.356. The summed E-state index contributed by atoms with van der Waals surface area (Å²) in [6.45, 7) is 0.851. The fraction of sp³-hybridized carbons (Fsp3) is 0.600. The predicted molar refractivity (Wildman–Crippen MR) is 58.9 cm³/mol. The Balaban J connectivity index is 2.24. The molecule has 1 amide bonds. The molecule has 0 unspecified atom stereocenters. The summed E-state index contributed by atoms with van der Waals surface area (Å²) in [5, 5.41) is 7.40. The molecule has 0 radical (unpaired) electrons. The Morgan fingerprint density at radius 2 is 2.18 bits per heavy atom. The average Bonchev–Trinajstić information content (AvgIpc) is 2.85. The molecule has 17 heavy (non-hydrogen) atoms. The molecule has 7 nitrogen and oxygen atoms in total. The molecule has 0 saturated heterocycles. The van der Waals surface area contributed by atoms with Crippen LogP contribution in [0.1, 0.15) is 12.8 Å². The number of methoxy groups -OCH3 is 1. The van der Waals surface area contributed by atoms with Gasteiger partial charge in [-0.15, -0.1) is 5.10 Å². The van der Waals surface area contributed by atoms with Gasteiger partial charge in [0.15, 0.2) is 0 Å². The largest absolute Gasteiger partial charge is 0.469 e. The van der Waals surface area contributed by atoms with Crippen molar-refractivity contribution in [2.75, 3.05) is 20.7 Å². The minimum atomic E-state index is -0.319. The first-order chi connectivity index (χ1) is 8.13. The molecule has 0 aliphatic rings. The Morgan fingerprint density at radius 3 is 2.76 bits per heavy atom. The SMILES string of the molecule is COC(=O)CCN(C)C(=O)CCn1ccnn1. The van der Waals surface area contributed by atoms with Gasteiger partial charge >= 0.3 is 5.97 Å². The Labute approximate surface area is 99.3 Å². The third kappa shape index (κ3) is 4.62. The number of nitrogens with zero attached hydrogens (tertiary/aromatic N) is 4. The number of esters is 1. The van der Waals surface area contributed by atoms with Crippen LogP contribution < -0.4 is 0 Å². The van der Waals surface area contributed by atoms with Gasteiger partial charge in [0.05, 0.1) is 26.3 Å². The first kappa shape index (κ1) is 13.1. The van der Waals surface area contributed by atoms with Gasteiger partial charge in [0.1, 0.15) is 0 Å². The Bertz CT molecular complexity index is 364. The van der Waals surface area contributed by atoms with Crippen molar-refractivity contribution < 1.29 is 14.3 Å². The highest BCUT2D eigenvalue weighted by molar-refractivity contribution is 5.76. The summed E-state index contributed by atoms with van der Waals surface area (Å²) in [5.41, 5.74) is 0. The standard InChI is InChI=1S/C10H16N4O3/c1-13(6-4-10(16)17-2)9(15)3-7-14-8-5-11-12-14/h5,8H,3-4,6-7H2,1-2H3. The smallest absolute Gasteiger partial charge is 0.307 e. The molecule has 0 fully saturated rings. The van der Waals surface area contributed by atoms with Crippen LogP contribution in [0.3, 0.4) is 0 Å². The zero-order chi connectivity index (χ0) is 12.7. The van der Waals surface area contributed by atoms with Crippen LogP contribution in [0.25, 0.3) is 0 Å². The van der Waals surface area contributed by atoms with Crippen LogP contribution in [0.2, 0.25) is 0 Å². The summed E-state index contributed by atoms with van der Waals surface area (Å²) in [4.78, 5) is 24.1. The van der Waals surface area contributed by atoms with E-state index in [-0.39, 0.29) is 18.3 Å². The summed E-state index contributed by atoms with van der Waals surface area (Å²) in [6.07, 6.45) is 3.80. The van der Waals surface area contributed by atoms with Crippen molar-refractivity contribution in [2.45, 2.75) is 19.4 Å². The molecule has 0 atom stereocenters. The van der Waals surface area contributed by atoms with E-state index in [2.05, 4.69) is 15.0 Å². The lowest BCUT2D eigenvalue weighted by Gasteiger charge is -2.16. The fourth-order valence-electron chi connectivity index (χ4n) is 1.24. The molecule has 1 aromatic rings. The first-order valence-electron chi connectivity index (χ1n) is 5.28. The molecule has 7 heteroatoms. The molecular formula is C10H16N4O3. The highest BCUT2D eigenvalue weighted by atomic mass is 16.5. The molecular weight excluding hydrogens is 224 g/mol. The Kier molecular flexibility index (Phi) is 5.12. The second-order valence-electron chi connectivity index (χ2n) is 3.56. The molecule has 0 saturated carbocycles. The molecule has 1 rings (SSSR count). The van der Waals surface area contributed by atoms with Gasteiger partial charge in [-0.05, 0) is 0 Å². The van der Waals surface area contributed by atoms with Crippen LogP contribution >= 0.6 is 0 Å². The highest BCUT2D eigenvalue weighted by Crippen LogP contribution is 1.96. The van der Waals surface area contributed by atoms with Crippen molar-refractivity contribution in [1.29, 1.82) is 0 Å². The van der Waals surface area contributed by atoms with Crippen LogP contribution in [0.5, 0.6) is 0 Å². The van der Waals surface area contributed by atoms with Crippen molar-refractivity contribution >= 4 is 11.9 Å². The lowest BCUT2D eigenvalue weighted by Crippen LogP contribution is -2.30. The van der Waals surface area contributed by atoms with Gasteiger partial charge in [-0.1, -0.05) is 5.21 Å². The van der Waals surface area contributed by atoms with Crippen molar-refractivity contribution in [3.63, 3.8) is 0 Å². The van der Waals surface area contributed by atoms with Crippen LogP contribution in [-0.2, 0) is 20.9 Å². The zero-order valence-electron chi connectivity index (χ0n) is 10.00. The molecule has 0 aromatic carbocycles. The Morgan fingerprint density at radius 1 is 1.41 bits per heavy atom. The van der Waals surface area contributed by atoms with E-state index in [1.807, 2.05) is 0 Å². The maximum absolute atomic E-state index is 11.7. The van der Waals surface area contributed by atoms with Gasteiger partial charge in [-0.3, -0.25) is 14.3 Å². The van der Waals surface area contributed by atoms with Crippen LogP contribution in [0.15, 0.2) is 12.4 Å². The molecule has 0 N–H and O–H groups in total. The van der Waals surface area contributed by atoms with Crippen molar-refractivity contribution in [3.05, 3.63) is 12.4 Å². The summed E-state index contributed by atoms with van der Waals surface area (Å²) < 4.78 is 6.09. The maximum atomic E-state index is 11.7. The number of aryl methyl sites for hydroxylation is 1. The number of carbonyl (C=O) groups excluding carboxylic acids is 2. The number of ether oxygens (including phenoxy) is 1. The number of amides is 1. The molecule has 0 bridgehead atoms. The minimum Gasteiger partial charge on any atom is -0.469 e. The summed E-state index contributed by atoms with van der Waals surface area (Å²) in [6, 6.07) is 0. The van der Waals surface area contributed by atoms with E-state index in [1.54, 1.807) is 24.1 Å². The van der Waals surface area contributed by atoms with Gasteiger partial charge in [0.25, 0.3) is 0 Å². The number of carbonyl (C=O) groups is 2. The minimum absolute atomic E-state index is 0.0376. The van der Waals surface area contributed by atoms with E-state index in [4.69, 9.17) is 0 Å². The van der Waals surface area contributed by atoms with E-state index in [0.717, 1.165) is 0 Å². The molecule has 1 heterocycles. The summed E-state index contributed by atoms with van der Waals surface area (Å²) >= 11 is 0. The zero-order valence-corrected chi connectivity index (χ0v) is 10.00. The third-order valence-electron chi connectivity index (χ3n) is 2.33. The molecule has 0 aliphatic heterocycles. The van der Waals surface area contributed by atoms with Crippen LogP contribution in [0.4, 0.5) is 0 Å². The van der Waals surface area contributed by atoms with E-state index >= 15 is 0 Å². The third-order valence-corrected chi connectivity index (χ3v) is 2.33. The number of hydrogen-bond donors (Lipinski definition) is 0. The van der Waals surface area contributed by atoms with E-state index in [0.29, 0.717) is 19.5 Å². The maximum Gasteiger partial charge on any atom is 0.307 e. The lowest BCUT2D eigenvalue weighted by atomic mass is 10.3. The molecule has 1 aromatic heterocycles. The molecule has 94 valence electrons. The monoisotopic (exact) mass is 240 g/mol. The first-order valence-corrected chi connectivity index (χ1v) is 5.28.